The molecule has 2 aliphatic heterocycles. The predicted molar refractivity (Wildman–Crippen MR) is 112 cm³/mol. The third-order valence-corrected chi connectivity index (χ3v) is 6.64. The van der Waals surface area contributed by atoms with Crippen molar-refractivity contribution in [3.8, 4) is 0 Å². The second-order valence-corrected chi connectivity index (χ2v) is 8.50. The summed E-state index contributed by atoms with van der Waals surface area (Å²) in [6.45, 7) is 4.92. The van der Waals surface area contributed by atoms with Crippen LogP contribution in [-0.2, 0) is 4.74 Å². The number of aliphatic hydroxyl groups excluding tert-OH is 1. The van der Waals surface area contributed by atoms with Crippen molar-refractivity contribution in [2.24, 2.45) is 5.92 Å². The Morgan fingerprint density at radius 2 is 2.03 bits per heavy atom. The summed E-state index contributed by atoms with van der Waals surface area (Å²) in [5, 5.41) is 27.1. The monoisotopic (exact) mass is 412 g/mol. The molecule has 1 unspecified atom stereocenters. The summed E-state index contributed by atoms with van der Waals surface area (Å²) in [5.74, 6) is 0.979. The molecule has 3 aromatic rings. The second kappa shape index (κ2) is 8.17. The van der Waals surface area contributed by atoms with Crippen molar-refractivity contribution in [2.75, 3.05) is 49.2 Å². The number of piperidine rings is 1. The quantitative estimate of drug-likeness (QED) is 0.698. The third-order valence-electron chi connectivity index (χ3n) is 5.80. The fraction of sp³-hybridized carbons (Fsp3) is 0.500. The first-order valence-corrected chi connectivity index (χ1v) is 11.0. The van der Waals surface area contributed by atoms with Gasteiger partial charge in [-0.25, -0.2) is 4.98 Å². The number of aliphatic hydroxyl groups is 1. The molecule has 0 aliphatic carbocycles. The predicted octanol–water partition coefficient (Wildman–Crippen LogP) is 2.27. The smallest absolute Gasteiger partial charge is 0.162 e. The Morgan fingerprint density at radius 3 is 2.86 bits per heavy atom. The molecule has 2 aromatic heterocycles. The number of fused-ring (bicyclic) bond motifs is 1. The lowest BCUT2D eigenvalue weighted by atomic mass is 9.92. The highest BCUT2D eigenvalue weighted by Crippen LogP contribution is 2.34. The van der Waals surface area contributed by atoms with E-state index in [4.69, 9.17) is 4.74 Å². The van der Waals surface area contributed by atoms with E-state index in [1.54, 1.807) is 6.20 Å². The number of morpholine rings is 1. The first kappa shape index (κ1) is 18.7. The van der Waals surface area contributed by atoms with Gasteiger partial charge in [-0.15, -0.1) is 21.5 Å². The molecule has 5 rings (SSSR count). The van der Waals surface area contributed by atoms with Crippen LogP contribution in [0.2, 0.25) is 0 Å². The molecule has 2 atom stereocenters. The highest BCUT2D eigenvalue weighted by atomic mass is 32.1. The number of aromatic nitrogens is 4. The standard InChI is InChI=1S/C20H24N6O2S/c27-18(20-21-5-11-29-20)14-2-1-6-26(13-14)19-16-4-3-15(12-17(16)22-24-23-19)25-7-9-28-10-8-25/h3-5,11-12,14,18,27H,1-2,6-10,13H2/t14?,18-/m0/s1. The first-order valence-electron chi connectivity index (χ1n) is 10.1. The largest absolute Gasteiger partial charge is 0.386 e. The van der Waals surface area contributed by atoms with E-state index < -0.39 is 6.10 Å². The van der Waals surface area contributed by atoms with E-state index in [1.807, 2.05) is 5.38 Å². The minimum absolute atomic E-state index is 0.132. The molecule has 0 radical (unpaired) electrons. The van der Waals surface area contributed by atoms with Crippen molar-refractivity contribution in [3.63, 3.8) is 0 Å². The fourth-order valence-electron chi connectivity index (χ4n) is 4.25. The van der Waals surface area contributed by atoms with E-state index >= 15 is 0 Å². The molecule has 0 spiro atoms. The Kier molecular flexibility index (Phi) is 5.26. The van der Waals surface area contributed by atoms with Crippen LogP contribution in [0.3, 0.4) is 0 Å². The molecule has 4 heterocycles. The molecule has 1 aromatic carbocycles. The van der Waals surface area contributed by atoms with Crippen LogP contribution in [0.1, 0.15) is 24.0 Å². The molecular weight excluding hydrogens is 388 g/mol. The van der Waals surface area contributed by atoms with Crippen molar-refractivity contribution in [2.45, 2.75) is 18.9 Å². The molecule has 2 fully saturated rings. The topological polar surface area (TPSA) is 87.5 Å². The Bertz CT molecular complexity index is 963. The molecular formula is C20H24N6O2S. The number of thiazole rings is 1. The molecule has 0 amide bonds. The minimum Gasteiger partial charge on any atom is -0.386 e. The number of nitrogens with zero attached hydrogens (tertiary/aromatic N) is 6. The lowest BCUT2D eigenvalue weighted by Gasteiger charge is -2.35. The van der Waals surface area contributed by atoms with Gasteiger partial charge in [0.1, 0.15) is 16.6 Å². The van der Waals surface area contributed by atoms with Crippen LogP contribution in [0.15, 0.2) is 29.8 Å². The summed E-state index contributed by atoms with van der Waals surface area (Å²) >= 11 is 1.51. The number of hydrogen-bond acceptors (Lipinski definition) is 9. The zero-order chi connectivity index (χ0) is 19.6. The number of rotatable bonds is 4. The van der Waals surface area contributed by atoms with Crippen LogP contribution in [0.5, 0.6) is 0 Å². The highest BCUT2D eigenvalue weighted by molar-refractivity contribution is 7.09. The summed E-state index contributed by atoms with van der Waals surface area (Å²) in [6.07, 6.45) is 3.20. The van der Waals surface area contributed by atoms with Crippen molar-refractivity contribution in [1.82, 2.24) is 20.4 Å². The van der Waals surface area contributed by atoms with Crippen LogP contribution in [0.25, 0.3) is 10.9 Å². The molecule has 2 saturated heterocycles. The third kappa shape index (κ3) is 3.77. The zero-order valence-corrected chi connectivity index (χ0v) is 17.0. The van der Waals surface area contributed by atoms with Gasteiger partial charge in [-0.3, -0.25) is 0 Å². The molecule has 2 aliphatic rings. The van der Waals surface area contributed by atoms with E-state index in [9.17, 15) is 5.11 Å². The van der Waals surface area contributed by atoms with Gasteiger partial charge in [0, 0.05) is 54.7 Å². The zero-order valence-electron chi connectivity index (χ0n) is 16.1. The minimum atomic E-state index is -0.535. The van der Waals surface area contributed by atoms with E-state index in [-0.39, 0.29) is 5.92 Å². The van der Waals surface area contributed by atoms with E-state index in [0.717, 1.165) is 79.7 Å². The number of ether oxygens (including phenoxy) is 1. The summed E-state index contributed by atoms with van der Waals surface area (Å²) in [5.41, 5.74) is 1.99. The normalized spacial score (nSPS) is 21.5. The molecule has 29 heavy (non-hydrogen) atoms. The van der Waals surface area contributed by atoms with Gasteiger partial charge in [0.05, 0.1) is 13.2 Å². The highest BCUT2D eigenvalue weighted by Gasteiger charge is 2.30. The van der Waals surface area contributed by atoms with Gasteiger partial charge in [-0.2, -0.15) is 0 Å². The van der Waals surface area contributed by atoms with Gasteiger partial charge < -0.3 is 19.6 Å². The van der Waals surface area contributed by atoms with Crippen molar-refractivity contribution >= 4 is 33.7 Å². The van der Waals surface area contributed by atoms with Gasteiger partial charge in [0.15, 0.2) is 5.82 Å². The lowest BCUT2D eigenvalue weighted by Crippen LogP contribution is -2.38. The van der Waals surface area contributed by atoms with E-state index in [2.05, 4.69) is 48.4 Å². The average molecular weight is 413 g/mol. The molecule has 0 saturated carbocycles. The van der Waals surface area contributed by atoms with Crippen LogP contribution >= 0.6 is 11.3 Å². The summed E-state index contributed by atoms with van der Waals surface area (Å²) in [6, 6.07) is 6.31. The maximum Gasteiger partial charge on any atom is 0.162 e. The fourth-order valence-corrected chi connectivity index (χ4v) is 4.97. The molecule has 8 nitrogen and oxygen atoms in total. The van der Waals surface area contributed by atoms with Crippen LogP contribution in [0.4, 0.5) is 11.5 Å². The van der Waals surface area contributed by atoms with E-state index in [1.165, 1.54) is 11.3 Å². The number of benzene rings is 1. The summed E-state index contributed by atoms with van der Waals surface area (Å²) < 4.78 is 5.45. The molecule has 9 heteroatoms. The maximum absolute atomic E-state index is 10.7. The Labute approximate surface area is 173 Å². The number of anilines is 2. The van der Waals surface area contributed by atoms with Gasteiger partial charge in [0.25, 0.3) is 0 Å². The maximum atomic E-state index is 10.7. The van der Waals surface area contributed by atoms with Crippen LogP contribution in [0, 0.1) is 5.92 Å². The Hall–Kier alpha value is -2.36. The van der Waals surface area contributed by atoms with Crippen molar-refractivity contribution < 1.29 is 9.84 Å². The van der Waals surface area contributed by atoms with Gasteiger partial charge >= 0.3 is 0 Å². The first-order chi connectivity index (χ1) is 14.3. The van der Waals surface area contributed by atoms with Crippen LogP contribution in [-0.4, -0.2) is 64.9 Å². The SMILES string of the molecule is O[C@H](c1nccs1)C1CCCN(c2nnnc3cc(N4CCOCC4)ccc23)C1. The van der Waals surface area contributed by atoms with Crippen LogP contribution < -0.4 is 9.80 Å². The van der Waals surface area contributed by atoms with Gasteiger partial charge in [0.2, 0.25) is 0 Å². The lowest BCUT2D eigenvalue weighted by molar-refractivity contribution is 0.0977. The summed E-state index contributed by atoms with van der Waals surface area (Å²) in [4.78, 5) is 8.84. The van der Waals surface area contributed by atoms with E-state index in [0.29, 0.717) is 0 Å². The summed E-state index contributed by atoms with van der Waals surface area (Å²) in [7, 11) is 0. The van der Waals surface area contributed by atoms with Crippen molar-refractivity contribution in [3.05, 3.63) is 34.8 Å². The molecule has 1 N–H and O–H groups in total. The van der Waals surface area contributed by atoms with Crippen molar-refractivity contribution in [1.29, 1.82) is 0 Å². The second-order valence-electron chi connectivity index (χ2n) is 7.58. The van der Waals surface area contributed by atoms with Gasteiger partial charge in [-0.05, 0) is 36.3 Å². The number of hydrogen-bond donors (Lipinski definition) is 1. The Morgan fingerprint density at radius 1 is 1.14 bits per heavy atom. The Balaban J connectivity index is 1.40. The average Bonchev–Trinajstić information content (AvgIpc) is 3.33. The molecule has 0 bridgehead atoms. The van der Waals surface area contributed by atoms with Gasteiger partial charge in [-0.1, -0.05) is 0 Å². The molecule has 152 valence electrons.